The normalized spacial score (nSPS) is 22.9. The first-order valence-electron chi connectivity index (χ1n) is 4.70. The number of hydrogen-bond acceptors (Lipinski definition) is 5. The third kappa shape index (κ3) is 2.63. The van der Waals surface area contributed by atoms with Gasteiger partial charge in [0, 0.05) is 24.1 Å². The highest BCUT2D eigenvalue weighted by Gasteiger charge is 2.11. The van der Waals surface area contributed by atoms with Crippen LogP contribution < -0.4 is 10.6 Å². The van der Waals surface area contributed by atoms with Crippen molar-refractivity contribution in [3.63, 3.8) is 0 Å². The van der Waals surface area contributed by atoms with Crippen molar-refractivity contribution >= 4 is 16.5 Å². The Hall–Kier alpha value is -0.680. The van der Waals surface area contributed by atoms with E-state index in [2.05, 4.69) is 20.2 Å². The molecule has 2 heterocycles. The van der Waals surface area contributed by atoms with Crippen LogP contribution in [0, 0.1) is 0 Å². The first-order valence-corrected chi connectivity index (χ1v) is 5.47. The summed E-state index contributed by atoms with van der Waals surface area (Å²) in [5.74, 6) is 0. The highest BCUT2D eigenvalue weighted by molar-refractivity contribution is 7.09. The minimum absolute atomic E-state index is 0.621. The van der Waals surface area contributed by atoms with E-state index >= 15 is 0 Å². The Morgan fingerprint density at radius 3 is 3.31 bits per heavy atom. The molecule has 0 spiro atoms. The van der Waals surface area contributed by atoms with Crippen LogP contribution in [0.2, 0.25) is 0 Å². The molecule has 2 N–H and O–H groups in total. The molecule has 13 heavy (non-hydrogen) atoms. The fourth-order valence-electron chi connectivity index (χ4n) is 1.57. The van der Waals surface area contributed by atoms with E-state index in [1.54, 1.807) is 6.20 Å². The molecule has 1 aromatic rings. The Kier molecular flexibility index (Phi) is 3.10. The van der Waals surface area contributed by atoms with Crippen molar-refractivity contribution in [3.05, 3.63) is 6.20 Å². The molecule has 0 amide bonds. The molecule has 0 radical (unpaired) electrons. The molecule has 0 aromatic carbocycles. The lowest BCUT2D eigenvalue weighted by Crippen LogP contribution is -2.39. The predicted octanol–water partition coefficient (Wildman–Crippen LogP) is 1.09. The number of nitrogens with one attached hydrogen (secondary N) is 2. The van der Waals surface area contributed by atoms with Crippen molar-refractivity contribution < 1.29 is 0 Å². The van der Waals surface area contributed by atoms with Gasteiger partial charge < -0.3 is 10.6 Å². The second kappa shape index (κ2) is 4.53. The molecule has 0 saturated carbocycles. The Bertz CT molecular complexity index is 230. The fraction of sp³-hybridized carbons (Fsp3) is 0.750. The number of aromatic nitrogens is 2. The van der Waals surface area contributed by atoms with Gasteiger partial charge in [0.1, 0.15) is 5.00 Å². The van der Waals surface area contributed by atoms with E-state index in [4.69, 9.17) is 0 Å². The minimum atomic E-state index is 0.621. The maximum Gasteiger partial charge on any atom is 0.130 e. The largest absolute Gasteiger partial charge is 0.373 e. The summed E-state index contributed by atoms with van der Waals surface area (Å²) < 4.78 is 3.79. The molecule has 1 aromatic heterocycles. The quantitative estimate of drug-likeness (QED) is 0.763. The summed E-state index contributed by atoms with van der Waals surface area (Å²) in [5.41, 5.74) is 0. The first-order chi connectivity index (χ1) is 6.45. The molecule has 1 saturated heterocycles. The lowest BCUT2D eigenvalue weighted by Gasteiger charge is -2.23. The zero-order chi connectivity index (χ0) is 8.93. The van der Waals surface area contributed by atoms with Crippen molar-refractivity contribution in [2.24, 2.45) is 0 Å². The van der Waals surface area contributed by atoms with E-state index in [0.717, 1.165) is 18.1 Å². The molecule has 1 fully saturated rings. The molecular formula is C8H14N4S. The Morgan fingerprint density at radius 1 is 1.62 bits per heavy atom. The highest BCUT2D eigenvalue weighted by Crippen LogP contribution is 2.11. The van der Waals surface area contributed by atoms with Gasteiger partial charge in [-0.25, -0.2) is 0 Å². The van der Waals surface area contributed by atoms with Crippen LogP contribution in [0.1, 0.15) is 19.3 Å². The Morgan fingerprint density at radius 2 is 2.62 bits per heavy atom. The van der Waals surface area contributed by atoms with E-state index in [0.29, 0.717) is 6.04 Å². The molecule has 1 atom stereocenters. The third-order valence-corrected chi connectivity index (χ3v) is 2.92. The molecule has 5 heteroatoms. The van der Waals surface area contributed by atoms with Gasteiger partial charge in [0.25, 0.3) is 0 Å². The van der Waals surface area contributed by atoms with Crippen molar-refractivity contribution in [2.45, 2.75) is 25.3 Å². The number of anilines is 1. The van der Waals surface area contributed by atoms with Crippen LogP contribution in [0.5, 0.6) is 0 Å². The van der Waals surface area contributed by atoms with Crippen molar-refractivity contribution in [1.29, 1.82) is 0 Å². The van der Waals surface area contributed by atoms with Crippen molar-refractivity contribution in [2.75, 3.05) is 18.4 Å². The van der Waals surface area contributed by atoms with Crippen LogP contribution >= 0.6 is 11.5 Å². The zero-order valence-corrected chi connectivity index (χ0v) is 8.31. The highest BCUT2D eigenvalue weighted by atomic mass is 32.1. The summed E-state index contributed by atoms with van der Waals surface area (Å²) in [6, 6.07) is 0.621. The average Bonchev–Trinajstić information content (AvgIpc) is 2.69. The van der Waals surface area contributed by atoms with Crippen LogP contribution in [-0.4, -0.2) is 28.7 Å². The van der Waals surface area contributed by atoms with E-state index in [9.17, 15) is 0 Å². The first kappa shape index (κ1) is 8.90. The zero-order valence-electron chi connectivity index (χ0n) is 7.49. The topological polar surface area (TPSA) is 49.8 Å². The molecular weight excluding hydrogens is 184 g/mol. The van der Waals surface area contributed by atoms with Gasteiger partial charge in [-0.15, -0.1) is 5.10 Å². The minimum Gasteiger partial charge on any atom is -0.373 e. The number of hydrogen-bond donors (Lipinski definition) is 2. The number of rotatable bonds is 3. The van der Waals surface area contributed by atoms with E-state index in [1.165, 1.54) is 30.8 Å². The van der Waals surface area contributed by atoms with Crippen LogP contribution in [0.3, 0.4) is 0 Å². The van der Waals surface area contributed by atoms with Gasteiger partial charge in [-0.1, -0.05) is 10.9 Å². The molecule has 0 aliphatic carbocycles. The third-order valence-electron chi connectivity index (χ3n) is 2.30. The Labute approximate surface area is 81.9 Å². The van der Waals surface area contributed by atoms with E-state index in [1.807, 2.05) is 0 Å². The number of piperidine rings is 1. The van der Waals surface area contributed by atoms with Gasteiger partial charge in [-0.3, -0.25) is 0 Å². The molecule has 72 valence electrons. The van der Waals surface area contributed by atoms with Gasteiger partial charge in [0.05, 0.1) is 6.20 Å². The van der Waals surface area contributed by atoms with Crippen molar-refractivity contribution in [1.82, 2.24) is 14.9 Å². The van der Waals surface area contributed by atoms with Crippen LogP contribution in [0.15, 0.2) is 6.20 Å². The summed E-state index contributed by atoms with van der Waals surface area (Å²) in [7, 11) is 0. The second-order valence-electron chi connectivity index (χ2n) is 3.31. The lowest BCUT2D eigenvalue weighted by molar-refractivity contribution is 0.414. The molecule has 1 unspecified atom stereocenters. The van der Waals surface area contributed by atoms with Crippen LogP contribution in [-0.2, 0) is 0 Å². The molecule has 4 nitrogen and oxygen atoms in total. The predicted molar refractivity (Wildman–Crippen MR) is 54.0 cm³/mol. The summed E-state index contributed by atoms with van der Waals surface area (Å²) in [4.78, 5) is 0. The maximum atomic E-state index is 3.79. The van der Waals surface area contributed by atoms with Crippen LogP contribution in [0.25, 0.3) is 0 Å². The Balaban J connectivity index is 1.72. The van der Waals surface area contributed by atoms with Gasteiger partial charge in [-0.05, 0) is 19.4 Å². The van der Waals surface area contributed by atoms with Gasteiger partial charge >= 0.3 is 0 Å². The summed E-state index contributed by atoms with van der Waals surface area (Å²) in [5, 5.41) is 11.6. The van der Waals surface area contributed by atoms with E-state index < -0.39 is 0 Å². The average molecular weight is 198 g/mol. The van der Waals surface area contributed by atoms with E-state index in [-0.39, 0.29) is 0 Å². The summed E-state index contributed by atoms with van der Waals surface area (Å²) >= 11 is 1.41. The summed E-state index contributed by atoms with van der Waals surface area (Å²) in [6.07, 6.45) is 5.71. The van der Waals surface area contributed by atoms with Crippen molar-refractivity contribution in [3.8, 4) is 0 Å². The maximum absolute atomic E-state index is 3.79. The molecule has 1 aliphatic rings. The fourth-order valence-corrected chi connectivity index (χ4v) is 1.99. The summed E-state index contributed by atoms with van der Waals surface area (Å²) in [6.45, 7) is 2.15. The van der Waals surface area contributed by atoms with Gasteiger partial charge in [0.2, 0.25) is 0 Å². The number of nitrogens with zero attached hydrogens (tertiary/aromatic N) is 2. The SMILES string of the molecule is c1nnsc1NCC1CCCCN1. The standard InChI is InChI=1S/C8H14N4S/c1-2-4-9-7(3-1)5-10-8-6-11-12-13-8/h6-7,9-10H,1-5H2. The molecule has 0 bridgehead atoms. The second-order valence-corrected chi connectivity index (χ2v) is 4.10. The monoisotopic (exact) mass is 198 g/mol. The van der Waals surface area contributed by atoms with Crippen LogP contribution in [0.4, 0.5) is 5.00 Å². The van der Waals surface area contributed by atoms with Gasteiger partial charge in [-0.2, -0.15) is 0 Å². The molecule has 2 rings (SSSR count). The molecule has 1 aliphatic heterocycles. The smallest absolute Gasteiger partial charge is 0.130 e. The van der Waals surface area contributed by atoms with Gasteiger partial charge in [0.15, 0.2) is 0 Å². The lowest BCUT2D eigenvalue weighted by atomic mass is 10.1.